The molecule has 0 aliphatic heterocycles. The van der Waals surface area contributed by atoms with Crippen molar-refractivity contribution in [1.82, 2.24) is 15.0 Å². The molecule has 180 valence electrons. The monoisotopic (exact) mass is 469 g/mol. The third kappa shape index (κ3) is 6.48. The molecule has 0 radical (unpaired) electrons. The predicted octanol–water partition coefficient (Wildman–Crippen LogP) is 4.06. The van der Waals surface area contributed by atoms with Gasteiger partial charge in [0.25, 0.3) is 0 Å². The fraction of sp³-hybridized carbons (Fsp3) is 0.360. The van der Waals surface area contributed by atoms with Crippen LogP contribution in [0.3, 0.4) is 0 Å². The normalized spacial score (nSPS) is 11.9. The Morgan fingerprint density at radius 3 is 2.65 bits per heavy atom. The molecular formula is C25H28FN3O5. The molecule has 0 spiro atoms. The van der Waals surface area contributed by atoms with Crippen molar-refractivity contribution < 1.29 is 28.5 Å². The van der Waals surface area contributed by atoms with Crippen molar-refractivity contribution in [2.24, 2.45) is 5.92 Å². The van der Waals surface area contributed by atoms with Crippen LogP contribution < -0.4 is 9.47 Å². The number of esters is 1. The lowest BCUT2D eigenvalue weighted by Gasteiger charge is -2.14. The van der Waals surface area contributed by atoms with Crippen LogP contribution >= 0.6 is 0 Å². The number of rotatable bonds is 10. The van der Waals surface area contributed by atoms with Gasteiger partial charge < -0.3 is 19.3 Å². The first-order chi connectivity index (χ1) is 16.3. The summed E-state index contributed by atoms with van der Waals surface area (Å²) in [5.41, 5.74) is 2.46. The SMILES string of the molecule is COC(=O)C[C@@H](O)c1cccc(OCc2cnc(-c3cc(OC)ncc3F)c(CC(C)C)n2)c1. The van der Waals surface area contributed by atoms with Gasteiger partial charge in [-0.15, -0.1) is 0 Å². The fourth-order valence-corrected chi connectivity index (χ4v) is 3.33. The van der Waals surface area contributed by atoms with Crippen LogP contribution in [0.5, 0.6) is 11.6 Å². The molecule has 2 aromatic heterocycles. The third-order valence-corrected chi connectivity index (χ3v) is 5.01. The van der Waals surface area contributed by atoms with E-state index in [0.717, 1.165) is 6.20 Å². The van der Waals surface area contributed by atoms with Gasteiger partial charge in [-0.3, -0.25) is 14.8 Å². The van der Waals surface area contributed by atoms with Crippen molar-refractivity contribution in [3.8, 4) is 22.9 Å². The number of benzene rings is 1. The molecule has 0 fully saturated rings. The number of carbonyl (C=O) groups excluding carboxylic acids is 1. The van der Waals surface area contributed by atoms with Crippen LogP contribution in [0.1, 0.15) is 43.3 Å². The topological polar surface area (TPSA) is 104 Å². The average Bonchev–Trinajstić information content (AvgIpc) is 2.83. The standard InChI is InChI=1S/C25H28FN3O5/c1-15(2)8-21-25(19-10-23(32-3)27-13-20(19)26)28-12-17(29-21)14-34-18-7-5-6-16(9-18)22(30)11-24(31)33-4/h5-7,9-10,12-13,15,22,30H,8,11,14H2,1-4H3/t22-/m1/s1. The highest BCUT2D eigenvalue weighted by Crippen LogP contribution is 2.28. The van der Waals surface area contributed by atoms with E-state index in [1.54, 1.807) is 30.5 Å². The summed E-state index contributed by atoms with van der Waals surface area (Å²) in [6.07, 6.45) is 2.09. The number of pyridine rings is 1. The fourth-order valence-electron chi connectivity index (χ4n) is 3.33. The number of aliphatic hydroxyl groups excluding tert-OH is 1. The van der Waals surface area contributed by atoms with E-state index in [9.17, 15) is 14.3 Å². The average molecular weight is 470 g/mol. The van der Waals surface area contributed by atoms with E-state index in [1.807, 2.05) is 13.8 Å². The first kappa shape index (κ1) is 25.0. The number of methoxy groups -OCH3 is 2. The van der Waals surface area contributed by atoms with Crippen LogP contribution in [0.2, 0.25) is 0 Å². The van der Waals surface area contributed by atoms with Gasteiger partial charge in [-0.2, -0.15) is 0 Å². The van der Waals surface area contributed by atoms with E-state index in [-0.39, 0.29) is 30.4 Å². The highest BCUT2D eigenvalue weighted by atomic mass is 19.1. The maximum absolute atomic E-state index is 14.5. The summed E-state index contributed by atoms with van der Waals surface area (Å²) in [4.78, 5) is 24.5. The molecule has 34 heavy (non-hydrogen) atoms. The van der Waals surface area contributed by atoms with Crippen LogP contribution in [-0.4, -0.2) is 40.2 Å². The molecule has 0 unspecified atom stereocenters. The second-order valence-corrected chi connectivity index (χ2v) is 8.12. The summed E-state index contributed by atoms with van der Waals surface area (Å²) in [6, 6.07) is 8.33. The zero-order valence-corrected chi connectivity index (χ0v) is 19.6. The molecule has 0 aliphatic carbocycles. The maximum Gasteiger partial charge on any atom is 0.308 e. The summed E-state index contributed by atoms with van der Waals surface area (Å²) >= 11 is 0. The summed E-state index contributed by atoms with van der Waals surface area (Å²) in [6.45, 7) is 4.21. The third-order valence-electron chi connectivity index (χ3n) is 5.01. The summed E-state index contributed by atoms with van der Waals surface area (Å²) < 4.78 is 30.1. The Kier molecular flexibility index (Phi) is 8.48. The highest BCUT2D eigenvalue weighted by molar-refractivity contribution is 5.70. The van der Waals surface area contributed by atoms with Gasteiger partial charge in [-0.05, 0) is 30.0 Å². The summed E-state index contributed by atoms with van der Waals surface area (Å²) in [5.74, 6) is 0.0449. The molecule has 9 heteroatoms. The lowest BCUT2D eigenvalue weighted by molar-refractivity contribution is -0.142. The Hall–Kier alpha value is -3.59. The molecule has 8 nitrogen and oxygen atoms in total. The molecule has 1 aromatic carbocycles. The number of hydrogen-bond acceptors (Lipinski definition) is 8. The molecular weight excluding hydrogens is 441 g/mol. The number of carbonyl (C=O) groups is 1. The minimum Gasteiger partial charge on any atom is -0.487 e. The molecule has 0 aliphatic rings. The van der Waals surface area contributed by atoms with Crippen molar-refractivity contribution in [3.63, 3.8) is 0 Å². The second-order valence-electron chi connectivity index (χ2n) is 8.12. The predicted molar refractivity (Wildman–Crippen MR) is 123 cm³/mol. The molecule has 1 atom stereocenters. The van der Waals surface area contributed by atoms with E-state index in [0.29, 0.717) is 34.8 Å². The molecule has 1 N–H and O–H groups in total. The van der Waals surface area contributed by atoms with Crippen LogP contribution in [0.25, 0.3) is 11.3 Å². The maximum atomic E-state index is 14.5. The largest absolute Gasteiger partial charge is 0.487 e. The van der Waals surface area contributed by atoms with Crippen molar-refractivity contribution in [3.05, 3.63) is 65.5 Å². The molecule has 3 rings (SSSR count). The Morgan fingerprint density at radius 1 is 1.15 bits per heavy atom. The molecule has 0 bridgehead atoms. The smallest absolute Gasteiger partial charge is 0.308 e. The lowest BCUT2D eigenvalue weighted by atomic mass is 10.0. The number of hydrogen-bond donors (Lipinski definition) is 1. The molecule has 0 saturated heterocycles. The molecule has 0 saturated carbocycles. The minimum atomic E-state index is -1.00. The van der Waals surface area contributed by atoms with E-state index in [1.165, 1.54) is 20.3 Å². The van der Waals surface area contributed by atoms with Crippen LogP contribution in [-0.2, 0) is 22.6 Å². The van der Waals surface area contributed by atoms with Crippen molar-refractivity contribution in [2.75, 3.05) is 14.2 Å². The summed E-state index contributed by atoms with van der Waals surface area (Å²) in [5, 5.41) is 10.2. The Balaban J connectivity index is 1.81. The highest BCUT2D eigenvalue weighted by Gasteiger charge is 2.17. The molecule has 2 heterocycles. The number of halogens is 1. The van der Waals surface area contributed by atoms with E-state index < -0.39 is 17.9 Å². The first-order valence-corrected chi connectivity index (χ1v) is 10.8. The van der Waals surface area contributed by atoms with Crippen LogP contribution in [0, 0.1) is 11.7 Å². The van der Waals surface area contributed by atoms with Gasteiger partial charge in [-0.25, -0.2) is 9.37 Å². The first-order valence-electron chi connectivity index (χ1n) is 10.8. The second kappa shape index (κ2) is 11.5. The lowest BCUT2D eigenvalue weighted by Crippen LogP contribution is -2.09. The molecule has 3 aromatic rings. The van der Waals surface area contributed by atoms with Gasteiger partial charge >= 0.3 is 5.97 Å². The number of ether oxygens (including phenoxy) is 3. The minimum absolute atomic E-state index is 0.122. The molecule has 0 amide bonds. The van der Waals surface area contributed by atoms with Gasteiger partial charge in [0.05, 0.1) is 56.2 Å². The van der Waals surface area contributed by atoms with Crippen molar-refractivity contribution in [1.29, 1.82) is 0 Å². The van der Waals surface area contributed by atoms with Crippen molar-refractivity contribution >= 4 is 5.97 Å². The van der Waals surface area contributed by atoms with Crippen LogP contribution in [0.4, 0.5) is 4.39 Å². The Labute approximate surface area is 197 Å². The van der Waals surface area contributed by atoms with Gasteiger partial charge in [0.2, 0.25) is 5.88 Å². The Morgan fingerprint density at radius 2 is 1.94 bits per heavy atom. The summed E-state index contributed by atoms with van der Waals surface area (Å²) in [7, 11) is 2.74. The number of aliphatic hydroxyl groups is 1. The van der Waals surface area contributed by atoms with Gasteiger partial charge in [0, 0.05) is 11.6 Å². The van der Waals surface area contributed by atoms with Crippen LogP contribution in [0.15, 0.2) is 42.7 Å². The van der Waals surface area contributed by atoms with E-state index >= 15 is 0 Å². The zero-order valence-electron chi connectivity index (χ0n) is 19.6. The zero-order chi connectivity index (χ0) is 24.7. The van der Waals surface area contributed by atoms with Gasteiger partial charge in [-0.1, -0.05) is 26.0 Å². The quantitative estimate of drug-likeness (QED) is 0.444. The van der Waals surface area contributed by atoms with E-state index in [2.05, 4.69) is 19.7 Å². The van der Waals surface area contributed by atoms with E-state index in [4.69, 9.17) is 9.47 Å². The van der Waals surface area contributed by atoms with Crippen molar-refractivity contribution in [2.45, 2.75) is 39.4 Å². The van der Waals surface area contributed by atoms with Gasteiger partial charge in [0.1, 0.15) is 12.4 Å². The number of nitrogens with zero attached hydrogens (tertiary/aromatic N) is 3. The Bertz CT molecular complexity index is 1140. The van der Waals surface area contributed by atoms with Gasteiger partial charge in [0.15, 0.2) is 5.82 Å². The number of aromatic nitrogens is 3.